The number of aromatic nitrogens is 2. The molecule has 2 aliphatic heterocycles. The summed E-state index contributed by atoms with van der Waals surface area (Å²) in [7, 11) is 1.69. The van der Waals surface area contributed by atoms with Gasteiger partial charge in [-0.15, -0.1) is 10.2 Å². The zero-order valence-electron chi connectivity index (χ0n) is 23.9. The lowest BCUT2D eigenvalue weighted by Crippen LogP contribution is -2.46. The van der Waals surface area contributed by atoms with Gasteiger partial charge in [0, 0.05) is 61.8 Å². The number of allylic oxidation sites excluding steroid dienone is 3. The van der Waals surface area contributed by atoms with E-state index in [1.165, 1.54) is 18.5 Å². The summed E-state index contributed by atoms with van der Waals surface area (Å²) in [6.07, 6.45) is 1.88. The second-order valence-corrected chi connectivity index (χ2v) is 10.2. The summed E-state index contributed by atoms with van der Waals surface area (Å²) >= 11 is 0. The third-order valence-electron chi connectivity index (χ3n) is 7.64. The minimum absolute atomic E-state index is 0.0789. The van der Waals surface area contributed by atoms with Gasteiger partial charge in [-0.3, -0.25) is 15.0 Å². The Hall–Kier alpha value is -4.71. The highest BCUT2D eigenvalue weighted by Crippen LogP contribution is 2.43. The van der Waals surface area contributed by atoms with Crippen LogP contribution in [0.25, 0.3) is 5.57 Å². The first kappa shape index (κ1) is 28.8. The largest absolute Gasteiger partial charge is 0.495 e. The molecule has 12 nitrogen and oxygen atoms in total. The number of ether oxygens (including phenoxy) is 2. The zero-order chi connectivity index (χ0) is 29.6. The maximum absolute atomic E-state index is 13.6. The summed E-state index contributed by atoms with van der Waals surface area (Å²) in [6, 6.07) is 14.3. The molecule has 0 amide bonds. The fraction of sp³-hybridized carbons (Fsp3) is 0.367. The highest BCUT2D eigenvalue weighted by molar-refractivity contribution is 5.97. The first-order valence-electron chi connectivity index (χ1n) is 13.8. The number of benzene rings is 2. The number of rotatable bonds is 10. The van der Waals surface area contributed by atoms with E-state index in [2.05, 4.69) is 31.4 Å². The highest BCUT2D eigenvalue weighted by atomic mass is 16.6. The van der Waals surface area contributed by atoms with Crippen LogP contribution in [0.3, 0.4) is 0 Å². The van der Waals surface area contributed by atoms with Crippen LogP contribution in [-0.4, -0.2) is 72.4 Å². The Balaban J connectivity index is 1.24. The van der Waals surface area contributed by atoms with Gasteiger partial charge in [-0.1, -0.05) is 24.3 Å². The first-order chi connectivity index (χ1) is 20.4. The van der Waals surface area contributed by atoms with Crippen molar-refractivity contribution in [2.24, 2.45) is 0 Å². The molecule has 5 rings (SSSR count). The van der Waals surface area contributed by atoms with E-state index >= 15 is 0 Å². The van der Waals surface area contributed by atoms with E-state index in [0.717, 1.165) is 44.2 Å². The number of hydrogen-bond donors (Lipinski definition) is 1. The van der Waals surface area contributed by atoms with Gasteiger partial charge in [0.1, 0.15) is 5.75 Å². The Morgan fingerprint density at radius 1 is 1.12 bits per heavy atom. The maximum Gasteiger partial charge on any atom is 0.336 e. The van der Waals surface area contributed by atoms with E-state index in [9.17, 15) is 14.9 Å². The second kappa shape index (κ2) is 12.9. The number of carbonyl (C=O) groups is 1. The molecule has 1 saturated heterocycles. The summed E-state index contributed by atoms with van der Waals surface area (Å²) in [6.45, 7) is 8.21. The van der Waals surface area contributed by atoms with Crippen molar-refractivity contribution < 1.29 is 23.6 Å². The SMILES string of the molecule is COc1ccccc1N1CCN(CCCOC(=O)C2=C(C)NC(C)=C(c3nnco3)C2c2cccc([N+](=O)[O-])c2)CC1. The minimum atomic E-state index is -0.692. The Morgan fingerprint density at radius 3 is 2.62 bits per heavy atom. The van der Waals surface area contributed by atoms with Gasteiger partial charge in [-0.25, -0.2) is 4.79 Å². The molecule has 0 spiro atoms. The number of piperazine rings is 1. The number of hydrogen-bond acceptors (Lipinski definition) is 11. The van der Waals surface area contributed by atoms with Gasteiger partial charge in [0.15, 0.2) is 0 Å². The average molecular weight is 575 g/mol. The lowest BCUT2D eigenvalue weighted by Gasteiger charge is -2.36. The number of nitrogens with zero attached hydrogens (tertiary/aromatic N) is 5. The van der Waals surface area contributed by atoms with E-state index < -0.39 is 16.8 Å². The van der Waals surface area contributed by atoms with Crippen LogP contribution in [-0.2, 0) is 9.53 Å². The fourth-order valence-electron chi connectivity index (χ4n) is 5.62. The summed E-state index contributed by atoms with van der Waals surface area (Å²) < 4.78 is 16.8. The van der Waals surface area contributed by atoms with Gasteiger partial charge in [-0.05, 0) is 38.0 Å². The number of methoxy groups -OCH3 is 1. The summed E-state index contributed by atoms with van der Waals surface area (Å²) in [5, 5.41) is 22.6. The summed E-state index contributed by atoms with van der Waals surface area (Å²) in [4.78, 5) is 29.3. The number of nitro benzene ring substituents is 1. The number of anilines is 1. The number of para-hydroxylation sites is 2. The molecule has 42 heavy (non-hydrogen) atoms. The number of nitrogens with one attached hydrogen (secondary N) is 1. The molecule has 1 fully saturated rings. The number of non-ortho nitro benzene ring substituents is 1. The van der Waals surface area contributed by atoms with Crippen LogP contribution in [0.4, 0.5) is 11.4 Å². The molecule has 0 aliphatic carbocycles. The summed E-state index contributed by atoms with van der Waals surface area (Å²) in [5.74, 6) is -0.0962. The van der Waals surface area contributed by atoms with Crippen molar-refractivity contribution >= 4 is 22.9 Å². The zero-order valence-corrected chi connectivity index (χ0v) is 23.9. The van der Waals surface area contributed by atoms with Crippen LogP contribution in [0.5, 0.6) is 5.75 Å². The topological polar surface area (TPSA) is 136 Å². The Labute approximate surface area is 243 Å². The van der Waals surface area contributed by atoms with Gasteiger partial charge in [0.25, 0.3) is 5.69 Å². The van der Waals surface area contributed by atoms with Crippen molar-refractivity contribution in [1.82, 2.24) is 20.4 Å². The van der Waals surface area contributed by atoms with E-state index in [1.54, 1.807) is 26.2 Å². The van der Waals surface area contributed by atoms with E-state index in [4.69, 9.17) is 13.9 Å². The lowest BCUT2D eigenvalue weighted by molar-refractivity contribution is -0.384. The van der Waals surface area contributed by atoms with Crippen molar-refractivity contribution in [3.8, 4) is 5.75 Å². The molecule has 220 valence electrons. The van der Waals surface area contributed by atoms with Crippen molar-refractivity contribution in [1.29, 1.82) is 0 Å². The number of nitro groups is 1. The van der Waals surface area contributed by atoms with Crippen molar-refractivity contribution in [2.45, 2.75) is 26.2 Å². The minimum Gasteiger partial charge on any atom is -0.495 e. The molecular weight excluding hydrogens is 540 g/mol. The predicted molar refractivity (Wildman–Crippen MR) is 156 cm³/mol. The van der Waals surface area contributed by atoms with Gasteiger partial charge < -0.3 is 24.1 Å². The van der Waals surface area contributed by atoms with Gasteiger partial charge >= 0.3 is 5.97 Å². The Bertz CT molecular complexity index is 1490. The molecular formula is C30H34N6O6. The predicted octanol–water partition coefficient (Wildman–Crippen LogP) is 4.13. The molecule has 2 aliphatic rings. The monoisotopic (exact) mass is 574 g/mol. The third kappa shape index (κ3) is 6.13. The lowest BCUT2D eigenvalue weighted by atomic mass is 9.80. The van der Waals surface area contributed by atoms with Crippen molar-refractivity contribution in [3.63, 3.8) is 0 Å². The molecule has 3 heterocycles. The van der Waals surface area contributed by atoms with Gasteiger partial charge in [0.2, 0.25) is 12.3 Å². The Kier molecular flexibility index (Phi) is 8.82. The van der Waals surface area contributed by atoms with Crippen LogP contribution in [0.2, 0.25) is 0 Å². The van der Waals surface area contributed by atoms with E-state index in [1.807, 2.05) is 25.1 Å². The second-order valence-electron chi connectivity index (χ2n) is 10.2. The maximum atomic E-state index is 13.6. The smallest absolute Gasteiger partial charge is 0.336 e. The molecule has 2 aromatic carbocycles. The highest BCUT2D eigenvalue weighted by Gasteiger charge is 2.37. The molecule has 1 aromatic heterocycles. The van der Waals surface area contributed by atoms with Crippen molar-refractivity contribution in [3.05, 3.63) is 93.5 Å². The molecule has 12 heteroatoms. The molecule has 1 unspecified atom stereocenters. The molecule has 1 atom stereocenters. The van der Waals surface area contributed by atoms with E-state index in [-0.39, 0.29) is 18.2 Å². The summed E-state index contributed by atoms with van der Waals surface area (Å²) in [5.41, 5.74) is 3.79. The van der Waals surface area contributed by atoms with E-state index in [0.29, 0.717) is 34.5 Å². The van der Waals surface area contributed by atoms with Crippen LogP contribution >= 0.6 is 0 Å². The van der Waals surface area contributed by atoms with Crippen molar-refractivity contribution in [2.75, 3.05) is 51.3 Å². The number of carbonyl (C=O) groups excluding carboxylic acids is 1. The van der Waals surface area contributed by atoms with Gasteiger partial charge in [-0.2, -0.15) is 0 Å². The normalized spacial score (nSPS) is 17.7. The molecule has 0 radical (unpaired) electrons. The molecule has 3 aromatic rings. The fourth-order valence-corrected chi connectivity index (χ4v) is 5.62. The number of dihydropyridines is 1. The van der Waals surface area contributed by atoms with Crippen LogP contribution in [0.1, 0.15) is 37.6 Å². The van der Waals surface area contributed by atoms with Gasteiger partial charge in [0.05, 0.1) is 35.8 Å². The van der Waals surface area contributed by atoms with Crippen LogP contribution in [0.15, 0.2) is 76.3 Å². The Morgan fingerprint density at radius 2 is 1.90 bits per heavy atom. The quantitative estimate of drug-likeness (QED) is 0.162. The van der Waals surface area contributed by atoms with Crippen LogP contribution in [0, 0.1) is 10.1 Å². The molecule has 0 bridgehead atoms. The third-order valence-corrected chi connectivity index (χ3v) is 7.64. The molecule has 1 N–H and O–H groups in total. The number of esters is 1. The first-order valence-corrected chi connectivity index (χ1v) is 13.8. The standard InChI is InChI=1S/C30H34N6O6/c1-20-26(29-33-31-19-42-29)28(22-8-6-9-23(18-22)36(38)39)27(21(2)32-20)30(37)41-17-7-12-34-13-15-35(16-14-34)24-10-4-5-11-25(24)40-3/h4-6,8-11,18-19,28,32H,7,12-17H2,1-3H3. The molecule has 0 saturated carbocycles. The average Bonchev–Trinajstić information content (AvgIpc) is 3.54. The van der Waals surface area contributed by atoms with Crippen LogP contribution < -0.4 is 15.0 Å².